The van der Waals surface area contributed by atoms with Crippen LogP contribution < -0.4 is 14.2 Å². The van der Waals surface area contributed by atoms with E-state index in [-0.39, 0.29) is 5.78 Å². The number of nitrogens with zero attached hydrogens (tertiary/aromatic N) is 2. The smallest absolute Gasteiger partial charge is 0.195 e. The molecule has 3 heterocycles. The summed E-state index contributed by atoms with van der Waals surface area (Å²) in [6.45, 7) is 4.68. The number of ether oxygens (including phenoxy) is 3. The van der Waals surface area contributed by atoms with Crippen molar-refractivity contribution in [3.05, 3.63) is 102 Å². The van der Waals surface area contributed by atoms with E-state index in [1.165, 1.54) is 24.8 Å². The summed E-state index contributed by atoms with van der Waals surface area (Å²) in [5.74, 6) is 2.46. The molecule has 0 unspecified atom stereocenters. The number of methoxy groups -OCH3 is 2. The van der Waals surface area contributed by atoms with Crippen molar-refractivity contribution < 1.29 is 19.0 Å². The predicted molar refractivity (Wildman–Crippen MR) is 175 cm³/mol. The fraction of sp³-hybridized carbons (Fsp3) is 0.289. The molecule has 0 atom stereocenters. The van der Waals surface area contributed by atoms with Crippen molar-refractivity contribution in [2.75, 3.05) is 40.5 Å². The monoisotopic (exact) mass is 586 g/mol. The molecule has 1 fully saturated rings. The lowest BCUT2D eigenvalue weighted by Gasteiger charge is -2.26. The van der Waals surface area contributed by atoms with Crippen LogP contribution >= 0.6 is 0 Å². The van der Waals surface area contributed by atoms with Crippen LogP contribution in [-0.4, -0.2) is 55.7 Å². The van der Waals surface area contributed by atoms with Gasteiger partial charge in [-0.2, -0.15) is 0 Å². The molecule has 6 heteroatoms. The van der Waals surface area contributed by atoms with Crippen molar-refractivity contribution in [3.8, 4) is 39.6 Å². The number of rotatable bonds is 9. The first kappa shape index (κ1) is 28.2. The molecular weight excluding hydrogens is 548 g/mol. The molecule has 4 aromatic carbocycles. The van der Waals surface area contributed by atoms with Gasteiger partial charge in [0.15, 0.2) is 5.78 Å². The number of carbonyl (C=O) groups is 1. The zero-order valence-electron chi connectivity index (χ0n) is 25.5. The fourth-order valence-corrected chi connectivity index (χ4v) is 6.76. The summed E-state index contributed by atoms with van der Waals surface area (Å²) in [4.78, 5) is 16.9. The maximum atomic E-state index is 14.4. The summed E-state index contributed by atoms with van der Waals surface area (Å²) in [6.07, 6.45) is 4.74. The molecule has 6 nitrogen and oxygen atoms in total. The second kappa shape index (κ2) is 12.2. The van der Waals surface area contributed by atoms with Gasteiger partial charge >= 0.3 is 0 Å². The number of aromatic nitrogens is 1. The number of carbonyl (C=O) groups excluding carboxylic acids is 1. The molecule has 2 aliphatic rings. The van der Waals surface area contributed by atoms with E-state index in [1.807, 2.05) is 48.5 Å². The Morgan fingerprint density at radius 3 is 2.30 bits per heavy atom. The molecule has 0 spiro atoms. The molecule has 7 rings (SSSR count). The summed E-state index contributed by atoms with van der Waals surface area (Å²) >= 11 is 0. The van der Waals surface area contributed by atoms with E-state index in [4.69, 9.17) is 14.2 Å². The molecule has 5 aromatic rings. The number of likely N-dealkylation sites (tertiary alicyclic amines) is 1. The number of hydrogen-bond donors (Lipinski definition) is 0. The Kier molecular flexibility index (Phi) is 7.84. The zero-order valence-corrected chi connectivity index (χ0v) is 25.5. The highest BCUT2D eigenvalue weighted by Crippen LogP contribution is 2.42. The van der Waals surface area contributed by atoms with Crippen LogP contribution in [0.4, 0.5) is 0 Å². The number of fused-ring (bicyclic) bond motifs is 5. The standard InChI is InChI=1S/C38H38N2O4/c1-42-31-8-6-7-27(23-31)28-11-15-34-35(25-28)40-20-17-29-24-32(43-2)14-16-33(29)37(40)36(34)38(41)26-9-12-30(13-10-26)44-22-21-39-18-4-3-5-19-39/h6-16,23-25H,3-5,17-22H2,1-2H3. The van der Waals surface area contributed by atoms with Crippen molar-refractivity contribution in [1.29, 1.82) is 0 Å². The lowest BCUT2D eigenvalue weighted by atomic mass is 9.92. The van der Waals surface area contributed by atoms with Crippen LogP contribution in [0.25, 0.3) is 33.3 Å². The SMILES string of the molecule is COc1cccc(-c2ccc3c(C(=O)c4ccc(OCCN5CCCCC5)cc4)c4n(c3c2)CCc2cc(OC)ccc2-4)c1. The van der Waals surface area contributed by atoms with Gasteiger partial charge in [0.1, 0.15) is 23.9 Å². The second-order valence-electron chi connectivity index (χ2n) is 11.7. The molecular formula is C38H38N2O4. The van der Waals surface area contributed by atoms with Gasteiger partial charge in [-0.15, -0.1) is 0 Å². The fourth-order valence-electron chi connectivity index (χ4n) is 6.76. The Labute approximate surface area is 258 Å². The molecule has 0 amide bonds. The van der Waals surface area contributed by atoms with E-state index in [2.05, 4.69) is 45.9 Å². The topological polar surface area (TPSA) is 52.9 Å². The first-order chi connectivity index (χ1) is 21.6. The maximum absolute atomic E-state index is 14.4. The van der Waals surface area contributed by atoms with E-state index in [0.717, 1.165) is 88.7 Å². The summed E-state index contributed by atoms with van der Waals surface area (Å²) in [5.41, 5.74) is 7.86. The minimum atomic E-state index is 0.0152. The molecule has 0 aliphatic carbocycles. The third kappa shape index (κ3) is 5.35. The summed E-state index contributed by atoms with van der Waals surface area (Å²) in [7, 11) is 3.38. The van der Waals surface area contributed by atoms with E-state index in [1.54, 1.807) is 14.2 Å². The molecule has 224 valence electrons. The minimum Gasteiger partial charge on any atom is -0.497 e. The maximum Gasteiger partial charge on any atom is 0.195 e. The zero-order chi connectivity index (χ0) is 30.0. The van der Waals surface area contributed by atoms with Crippen LogP contribution in [0, 0.1) is 0 Å². The van der Waals surface area contributed by atoms with Gasteiger partial charge in [0.25, 0.3) is 0 Å². The molecule has 44 heavy (non-hydrogen) atoms. The highest BCUT2D eigenvalue weighted by Gasteiger charge is 2.29. The van der Waals surface area contributed by atoms with Crippen LogP contribution in [0.1, 0.15) is 40.7 Å². The molecule has 0 N–H and O–H groups in total. The minimum absolute atomic E-state index is 0.0152. The Morgan fingerprint density at radius 2 is 1.50 bits per heavy atom. The molecule has 0 bridgehead atoms. The van der Waals surface area contributed by atoms with Gasteiger partial charge in [-0.05, 0) is 110 Å². The number of hydrogen-bond acceptors (Lipinski definition) is 5. The average molecular weight is 587 g/mol. The Morgan fingerprint density at radius 1 is 0.750 bits per heavy atom. The lowest BCUT2D eigenvalue weighted by molar-refractivity contribution is 0.104. The van der Waals surface area contributed by atoms with Gasteiger partial charge in [-0.25, -0.2) is 0 Å². The lowest BCUT2D eigenvalue weighted by Crippen LogP contribution is -2.33. The van der Waals surface area contributed by atoms with E-state index in [9.17, 15) is 4.79 Å². The Bertz CT molecular complexity index is 1820. The van der Waals surface area contributed by atoms with Gasteiger partial charge < -0.3 is 18.8 Å². The molecule has 0 saturated carbocycles. The van der Waals surface area contributed by atoms with Crippen LogP contribution in [0.5, 0.6) is 17.2 Å². The van der Waals surface area contributed by atoms with Crippen molar-refractivity contribution in [1.82, 2.24) is 9.47 Å². The first-order valence-electron chi connectivity index (χ1n) is 15.6. The Hall–Kier alpha value is -4.55. The third-order valence-corrected chi connectivity index (χ3v) is 9.11. The quantitative estimate of drug-likeness (QED) is 0.166. The van der Waals surface area contributed by atoms with Crippen LogP contribution in [0.2, 0.25) is 0 Å². The van der Waals surface area contributed by atoms with Crippen molar-refractivity contribution in [2.45, 2.75) is 32.2 Å². The number of aryl methyl sites for hydroxylation is 2. The average Bonchev–Trinajstić information content (AvgIpc) is 3.42. The summed E-state index contributed by atoms with van der Waals surface area (Å²) in [5, 5.41) is 0.960. The highest BCUT2D eigenvalue weighted by atomic mass is 16.5. The number of piperidine rings is 1. The van der Waals surface area contributed by atoms with Crippen molar-refractivity contribution in [3.63, 3.8) is 0 Å². The van der Waals surface area contributed by atoms with Gasteiger partial charge in [-0.3, -0.25) is 9.69 Å². The molecule has 0 radical (unpaired) electrons. The van der Waals surface area contributed by atoms with Crippen molar-refractivity contribution >= 4 is 16.7 Å². The van der Waals surface area contributed by atoms with E-state index in [0.29, 0.717) is 12.2 Å². The van der Waals surface area contributed by atoms with Gasteiger partial charge in [0.05, 0.1) is 25.5 Å². The summed E-state index contributed by atoms with van der Waals surface area (Å²) < 4.78 is 19.4. The van der Waals surface area contributed by atoms with Crippen LogP contribution in [0.15, 0.2) is 84.9 Å². The van der Waals surface area contributed by atoms with E-state index < -0.39 is 0 Å². The normalized spacial score (nSPS) is 14.6. The number of ketones is 1. The predicted octanol–water partition coefficient (Wildman–Crippen LogP) is 7.64. The number of benzene rings is 4. The molecule has 1 aromatic heterocycles. The van der Waals surface area contributed by atoms with Crippen LogP contribution in [-0.2, 0) is 13.0 Å². The largest absolute Gasteiger partial charge is 0.497 e. The van der Waals surface area contributed by atoms with Gasteiger partial charge in [-0.1, -0.05) is 30.7 Å². The molecule has 2 aliphatic heterocycles. The van der Waals surface area contributed by atoms with Crippen LogP contribution in [0.3, 0.4) is 0 Å². The van der Waals surface area contributed by atoms with Gasteiger partial charge in [0, 0.05) is 35.1 Å². The van der Waals surface area contributed by atoms with Crippen molar-refractivity contribution in [2.24, 2.45) is 0 Å². The highest BCUT2D eigenvalue weighted by molar-refractivity contribution is 6.21. The molecule has 1 saturated heterocycles. The summed E-state index contributed by atoms with van der Waals surface area (Å²) in [6, 6.07) is 28.3. The second-order valence-corrected chi connectivity index (χ2v) is 11.7. The van der Waals surface area contributed by atoms with Gasteiger partial charge in [0.2, 0.25) is 0 Å². The third-order valence-electron chi connectivity index (χ3n) is 9.11. The Balaban J connectivity index is 1.26. The first-order valence-corrected chi connectivity index (χ1v) is 15.6. The van der Waals surface area contributed by atoms with E-state index >= 15 is 0 Å².